The summed E-state index contributed by atoms with van der Waals surface area (Å²) in [5.41, 5.74) is 4.36. The lowest BCUT2D eigenvalue weighted by Crippen LogP contribution is -2.49. The summed E-state index contributed by atoms with van der Waals surface area (Å²) in [5.74, 6) is 2.15. The van der Waals surface area contributed by atoms with E-state index >= 15 is 0 Å². The molecule has 3 aromatic heterocycles. The number of hydrogen-bond acceptors (Lipinski definition) is 9. The number of aromatic nitrogens is 5. The Bertz CT molecular complexity index is 1520. The first-order chi connectivity index (χ1) is 19.8. The van der Waals surface area contributed by atoms with E-state index in [2.05, 4.69) is 36.1 Å². The SMILES string of the molecule is CC(C)(C)OC(=O)N1CCN(Cc2ccnc(Nc3nc4ccc(-c5ccnc(N6CCCC6)n5)cc4[nH]3)c2)CC1. The number of imidazole rings is 1. The lowest BCUT2D eigenvalue weighted by Gasteiger charge is -2.35. The van der Waals surface area contributed by atoms with Gasteiger partial charge in [-0.3, -0.25) is 4.90 Å². The van der Waals surface area contributed by atoms with Gasteiger partial charge < -0.3 is 24.8 Å². The molecule has 2 fully saturated rings. The summed E-state index contributed by atoms with van der Waals surface area (Å²) in [7, 11) is 0. The highest BCUT2D eigenvalue weighted by atomic mass is 16.6. The van der Waals surface area contributed by atoms with Crippen LogP contribution >= 0.6 is 0 Å². The summed E-state index contributed by atoms with van der Waals surface area (Å²) >= 11 is 0. The number of hydrogen-bond donors (Lipinski definition) is 2. The van der Waals surface area contributed by atoms with Crippen molar-refractivity contribution in [1.29, 1.82) is 0 Å². The Morgan fingerprint density at radius 1 is 0.951 bits per heavy atom. The second kappa shape index (κ2) is 11.3. The Kier molecular flexibility index (Phi) is 7.44. The third kappa shape index (κ3) is 6.57. The number of carbonyl (C=O) groups excluding carboxylic acids is 1. The quantitative estimate of drug-likeness (QED) is 0.346. The molecule has 0 radical (unpaired) electrons. The Labute approximate surface area is 240 Å². The van der Waals surface area contributed by atoms with Crippen molar-refractivity contribution in [3.63, 3.8) is 0 Å². The highest BCUT2D eigenvalue weighted by Gasteiger charge is 2.26. The molecule has 214 valence electrons. The van der Waals surface area contributed by atoms with Gasteiger partial charge in [0.2, 0.25) is 11.9 Å². The van der Waals surface area contributed by atoms with Crippen molar-refractivity contribution in [2.75, 3.05) is 49.5 Å². The molecule has 2 saturated heterocycles. The predicted molar refractivity (Wildman–Crippen MR) is 159 cm³/mol. The van der Waals surface area contributed by atoms with E-state index in [0.717, 1.165) is 72.3 Å². The average molecular weight is 556 g/mol. The molecule has 11 nitrogen and oxygen atoms in total. The molecule has 2 aliphatic heterocycles. The number of benzene rings is 1. The minimum absolute atomic E-state index is 0.241. The Balaban J connectivity index is 1.09. The lowest BCUT2D eigenvalue weighted by molar-refractivity contribution is 0.0139. The van der Waals surface area contributed by atoms with E-state index in [0.29, 0.717) is 19.0 Å². The number of fused-ring (bicyclic) bond motifs is 1. The van der Waals surface area contributed by atoms with Crippen LogP contribution in [0.1, 0.15) is 39.2 Å². The number of pyridine rings is 1. The number of ether oxygens (including phenoxy) is 1. The zero-order valence-corrected chi connectivity index (χ0v) is 23.9. The van der Waals surface area contributed by atoms with E-state index in [9.17, 15) is 4.79 Å². The molecule has 41 heavy (non-hydrogen) atoms. The number of nitrogens with zero attached hydrogens (tertiary/aromatic N) is 7. The molecule has 4 aromatic rings. The normalized spacial score (nSPS) is 16.4. The fraction of sp³-hybridized carbons (Fsp3) is 0.433. The highest BCUT2D eigenvalue weighted by molar-refractivity contribution is 5.83. The third-order valence-corrected chi connectivity index (χ3v) is 7.31. The van der Waals surface area contributed by atoms with Crippen LogP contribution in [-0.4, -0.2) is 85.7 Å². The van der Waals surface area contributed by atoms with Crippen LogP contribution in [0.25, 0.3) is 22.3 Å². The molecule has 0 aliphatic carbocycles. The van der Waals surface area contributed by atoms with Crippen LogP contribution in [0.3, 0.4) is 0 Å². The molecular weight excluding hydrogens is 518 g/mol. The summed E-state index contributed by atoms with van der Waals surface area (Å²) in [6, 6.07) is 12.1. The van der Waals surface area contributed by atoms with Gasteiger partial charge in [-0.2, -0.15) is 0 Å². The van der Waals surface area contributed by atoms with E-state index < -0.39 is 5.60 Å². The van der Waals surface area contributed by atoms with Crippen molar-refractivity contribution in [3.8, 4) is 11.3 Å². The zero-order valence-electron chi connectivity index (χ0n) is 23.9. The molecule has 2 N–H and O–H groups in total. The first kappa shape index (κ1) is 26.9. The summed E-state index contributed by atoms with van der Waals surface area (Å²) < 4.78 is 5.51. The van der Waals surface area contributed by atoms with Crippen LogP contribution in [0, 0.1) is 0 Å². The Hall–Kier alpha value is -4.25. The third-order valence-electron chi connectivity index (χ3n) is 7.31. The number of piperazine rings is 1. The Morgan fingerprint density at radius 2 is 1.73 bits per heavy atom. The van der Waals surface area contributed by atoms with Gasteiger partial charge in [0, 0.05) is 63.8 Å². The average Bonchev–Trinajstić information content (AvgIpc) is 3.63. The van der Waals surface area contributed by atoms with Crippen LogP contribution in [-0.2, 0) is 11.3 Å². The molecule has 0 bridgehead atoms. The van der Waals surface area contributed by atoms with Gasteiger partial charge in [-0.1, -0.05) is 6.07 Å². The molecule has 0 saturated carbocycles. The van der Waals surface area contributed by atoms with Crippen molar-refractivity contribution in [2.24, 2.45) is 0 Å². The van der Waals surface area contributed by atoms with Gasteiger partial charge in [-0.15, -0.1) is 0 Å². The second-order valence-corrected chi connectivity index (χ2v) is 11.7. The van der Waals surface area contributed by atoms with Crippen molar-refractivity contribution < 1.29 is 9.53 Å². The molecular formula is C30H37N9O2. The summed E-state index contributed by atoms with van der Waals surface area (Å²) in [6.45, 7) is 11.4. The second-order valence-electron chi connectivity index (χ2n) is 11.7. The number of H-pyrrole nitrogens is 1. The van der Waals surface area contributed by atoms with Crippen LogP contribution in [0.15, 0.2) is 48.8 Å². The molecule has 0 spiro atoms. The number of carbonyl (C=O) groups is 1. The van der Waals surface area contributed by atoms with Crippen LogP contribution in [0.5, 0.6) is 0 Å². The van der Waals surface area contributed by atoms with Gasteiger partial charge in [0.25, 0.3) is 0 Å². The Morgan fingerprint density at radius 3 is 2.51 bits per heavy atom. The highest BCUT2D eigenvalue weighted by Crippen LogP contribution is 2.26. The van der Waals surface area contributed by atoms with E-state index in [4.69, 9.17) is 14.7 Å². The van der Waals surface area contributed by atoms with Crippen LogP contribution in [0.4, 0.5) is 22.5 Å². The zero-order chi connectivity index (χ0) is 28.4. The molecule has 0 atom stereocenters. The van der Waals surface area contributed by atoms with Gasteiger partial charge in [0.1, 0.15) is 11.4 Å². The van der Waals surface area contributed by atoms with Crippen LogP contribution < -0.4 is 10.2 Å². The number of nitrogens with one attached hydrogen (secondary N) is 2. The lowest BCUT2D eigenvalue weighted by atomic mass is 10.1. The predicted octanol–water partition coefficient (Wildman–Crippen LogP) is 4.81. The number of rotatable bonds is 6. The maximum Gasteiger partial charge on any atom is 0.410 e. The van der Waals surface area contributed by atoms with Crippen LogP contribution in [0.2, 0.25) is 0 Å². The molecule has 1 amide bonds. The largest absolute Gasteiger partial charge is 0.444 e. The first-order valence-corrected chi connectivity index (χ1v) is 14.3. The van der Waals surface area contributed by atoms with Crippen molar-refractivity contribution in [1.82, 2.24) is 34.7 Å². The maximum atomic E-state index is 12.4. The van der Waals surface area contributed by atoms with E-state index in [1.807, 2.05) is 63.5 Å². The minimum atomic E-state index is -0.481. The minimum Gasteiger partial charge on any atom is -0.444 e. The fourth-order valence-electron chi connectivity index (χ4n) is 5.24. The molecule has 11 heteroatoms. The van der Waals surface area contributed by atoms with Gasteiger partial charge in [0.05, 0.1) is 16.7 Å². The fourth-order valence-corrected chi connectivity index (χ4v) is 5.24. The van der Waals surface area contributed by atoms with Gasteiger partial charge in [-0.25, -0.2) is 24.7 Å². The molecule has 2 aliphatic rings. The van der Waals surface area contributed by atoms with Crippen molar-refractivity contribution >= 4 is 34.8 Å². The molecule has 5 heterocycles. The van der Waals surface area contributed by atoms with Crippen molar-refractivity contribution in [2.45, 2.75) is 45.8 Å². The number of anilines is 3. The van der Waals surface area contributed by atoms with Gasteiger partial charge >= 0.3 is 6.09 Å². The topological polar surface area (TPSA) is 115 Å². The molecule has 0 unspecified atom stereocenters. The summed E-state index contributed by atoms with van der Waals surface area (Å²) in [5, 5.41) is 3.32. The smallest absolute Gasteiger partial charge is 0.410 e. The maximum absolute atomic E-state index is 12.4. The van der Waals surface area contributed by atoms with Crippen molar-refractivity contribution in [3.05, 3.63) is 54.4 Å². The summed E-state index contributed by atoms with van der Waals surface area (Å²) in [6.07, 6.45) is 5.78. The number of amides is 1. The molecule has 1 aromatic carbocycles. The molecule has 6 rings (SSSR count). The van der Waals surface area contributed by atoms with E-state index in [1.165, 1.54) is 12.8 Å². The van der Waals surface area contributed by atoms with E-state index in [1.54, 1.807) is 4.90 Å². The number of aromatic amines is 1. The monoisotopic (exact) mass is 555 g/mol. The summed E-state index contributed by atoms with van der Waals surface area (Å²) in [4.78, 5) is 40.6. The van der Waals surface area contributed by atoms with Gasteiger partial charge in [0.15, 0.2) is 0 Å². The first-order valence-electron chi connectivity index (χ1n) is 14.3. The van der Waals surface area contributed by atoms with Gasteiger partial charge in [-0.05, 0) is 69.5 Å². The standard InChI is InChI=1S/C30H37N9O2/c1-30(2,3)41-29(40)39-16-14-37(15-17-39)20-21-8-10-31-26(18-21)36-27-33-24-7-6-22(19-25(24)34-27)23-9-11-32-28(35-23)38-12-4-5-13-38/h6-11,18-19H,4-5,12-17,20H2,1-3H3,(H2,31,33,34,36). The van der Waals surface area contributed by atoms with E-state index in [-0.39, 0.29) is 6.09 Å².